The van der Waals surface area contributed by atoms with Gasteiger partial charge in [0.1, 0.15) is 5.82 Å². The van der Waals surface area contributed by atoms with Crippen LogP contribution in [0.4, 0.5) is 10.1 Å². The summed E-state index contributed by atoms with van der Waals surface area (Å²) in [5, 5.41) is 16.0. The Bertz CT molecular complexity index is 1380. The number of aromatic nitrogens is 5. The smallest absolute Gasteiger partial charge is 0.228 e. The monoisotopic (exact) mass is 424 g/mol. The van der Waals surface area contributed by atoms with E-state index in [9.17, 15) is 9.18 Å². The molecule has 1 amide bonds. The van der Waals surface area contributed by atoms with Gasteiger partial charge < -0.3 is 5.32 Å². The molecule has 0 spiro atoms. The zero-order chi connectivity index (χ0) is 21.9. The number of rotatable bonds is 5. The zero-order valence-corrected chi connectivity index (χ0v) is 16.8. The molecule has 0 radical (unpaired) electrons. The summed E-state index contributed by atoms with van der Waals surface area (Å²) < 4.78 is 14.7. The largest absolute Gasteiger partial charge is 0.326 e. The fourth-order valence-electron chi connectivity index (χ4n) is 3.34. The minimum atomic E-state index is -0.323. The van der Waals surface area contributed by atoms with Crippen LogP contribution in [0.3, 0.4) is 0 Å². The summed E-state index contributed by atoms with van der Waals surface area (Å²) in [4.78, 5) is 16.3. The van der Waals surface area contributed by atoms with E-state index in [4.69, 9.17) is 0 Å². The molecule has 0 aliphatic carbocycles. The fraction of sp³-hybridized carbons (Fsp3) is 0.0417. The average molecular weight is 424 g/mol. The lowest BCUT2D eigenvalue weighted by Gasteiger charge is -2.07. The van der Waals surface area contributed by atoms with Crippen LogP contribution in [0.15, 0.2) is 85.2 Å². The summed E-state index contributed by atoms with van der Waals surface area (Å²) in [5.74, 6) is 0.139. The minimum absolute atomic E-state index is 0.171. The molecule has 7 nitrogen and oxygen atoms in total. The van der Waals surface area contributed by atoms with Crippen molar-refractivity contribution in [2.45, 2.75) is 6.42 Å². The first-order valence-electron chi connectivity index (χ1n) is 9.93. The number of carbonyl (C=O) groups excluding carboxylic acids is 1. The number of fused-ring (bicyclic) bond motifs is 1. The molecule has 3 aromatic heterocycles. The van der Waals surface area contributed by atoms with Crippen molar-refractivity contribution in [1.82, 2.24) is 24.8 Å². The summed E-state index contributed by atoms with van der Waals surface area (Å²) >= 11 is 0. The predicted octanol–water partition coefficient (Wildman–Crippen LogP) is 4.17. The maximum absolute atomic E-state index is 13.0. The molecule has 0 fully saturated rings. The van der Waals surface area contributed by atoms with Gasteiger partial charge in [-0.2, -0.15) is 9.61 Å². The molecule has 0 aliphatic rings. The van der Waals surface area contributed by atoms with Gasteiger partial charge in [-0.05, 0) is 54.1 Å². The minimum Gasteiger partial charge on any atom is -0.326 e. The Morgan fingerprint density at radius 1 is 0.844 bits per heavy atom. The number of nitrogens with zero attached hydrogens (tertiary/aromatic N) is 5. The first-order chi connectivity index (χ1) is 15.7. The van der Waals surface area contributed by atoms with E-state index < -0.39 is 0 Å². The Kier molecular flexibility index (Phi) is 5.09. The second-order valence-electron chi connectivity index (χ2n) is 7.18. The normalized spacial score (nSPS) is 10.9. The molecule has 2 aromatic carbocycles. The van der Waals surface area contributed by atoms with Gasteiger partial charge in [-0.25, -0.2) is 4.39 Å². The Labute approximate surface area is 182 Å². The molecule has 5 aromatic rings. The summed E-state index contributed by atoms with van der Waals surface area (Å²) in [6.07, 6.45) is 3.57. The van der Waals surface area contributed by atoms with E-state index in [0.717, 1.165) is 22.4 Å². The highest BCUT2D eigenvalue weighted by atomic mass is 19.1. The third-order valence-electron chi connectivity index (χ3n) is 4.94. The number of amides is 1. The molecular weight excluding hydrogens is 407 g/mol. The highest BCUT2D eigenvalue weighted by Gasteiger charge is 2.11. The van der Waals surface area contributed by atoms with Crippen molar-refractivity contribution in [2.75, 3.05) is 5.32 Å². The molecule has 0 saturated heterocycles. The fourth-order valence-corrected chi connectivity index (χ4v) is 3.34. The van der Waals surface area contributed by atoms with Crippen LogP contribution in [0.2, 0.25) is 0 Å². The summed E-state index contributed by atoms with van der Waals surface area (Å²) in [5.41, 5.74) is 4.57. The van der Waals surface area contributed by atoms with E-state index in [2.05, 4.69) is 25.6 Å². The quantitative estimate of drug-likeness (QED) is 0.458. The van der Waals surface area contributed by atoms with Crippen molar-refractivity contribution in [1.29, 1.82) is 0 Å². The third kappa shape index (κ3) is 4.06. The Morgan fingerprint density at radius 2 is 1.59 bits per heavy atom. The molecule has 3 heterocycles. The van der Waals surface area contributed by atoms with Gasteiger partial charge in [0.25, 0.3) is 0 Å². The second-order valence-corrected chi connectivity index (χ2v) is 7.18. The van der Waals surface area contributed by atoms with Crippen LogP contribution in [-0.4, -0.2) is 30.7 Å². The van der Waals surface area contributed by atoms with E-state index in [1.807, 2.05) is 48.5 Å². The van der Waals surface area contributed by atoms with Gasteiger partial charge >= 0.3 is 0 Å². The van der Waals surface area contributed by atoms with E-state index in [1.165, 1.54) is 12.1 Å². The number of benzene rings is 2. The second kappa shape index (κ2) is 8.35. The lowest BCUT2D eigenvalue weighted by molar-refractivity contribution is -0.115. The van der Waals surface area contributed by atoms with Gasteiger partial charge in [-0.3, -0.25) is 9.78 Å². The van der Waals surface area contributed by atoms with Gasteiger partial charge in [0.05, 0.1) is 12.1 Å². The van der Waals surface area contributed by atoms with Crippen molar-refractivity contribution >= 4 is 17.2 Å². The molecule has 0 bridgehead atoms. The highest BCUT2D eigenvalue weighted by Crippen LogP contribution is 2.22. The molecule has 0 unspecified atom stereocenters. The summed E-state index contributed by atoms with van der Waals surface area (Å²) in [7, 11) is 0. The van der Waals surface area contributed by atoms with E-state index in [0.29, 0.717) is 17.2 Å². The van der Waals surface area contributed by atoms with Gasteiger partial charge in [-0.1, -0.05) is 24.3 Å². The molecular formula is C24H17FN6O. The molecule has 0 saturated carbocycles. The number of nitrogens with one attached hydrogen (secondary N) is 1. The number of pyridine rings is 1. The first kappa shape index (κ1) is 19.5. The van der Waals surface area contributed by atoms with Gasteiger partial charge in [0.15, 0.2) is 11.5 Å². The standard InChI is InChI=1S/C24H17FN6O/c25-19-5-1-16(2-6-19)15-23(32)27-20-7-3-17(4-8-20)21-9-10-22-28-29-24(31(22)30-21)18-11-13-26-14-12-18/h1-14H,15H2,(H,27,32). The predicted molar refractivity (Wildman–Crippen MR) is 118 cm³/mol. The number of hydrogen-bond donors (Lipinski definition) is 1. The van der Waals surface area contributed by atoms with Crippen LogP contribution in [0.5, 0.6) is 0 Å². The van der Waals surface area contributed by atoms with E-state index in [-0.39, 0.29) is 18.1 Å². The number of halogens is 1. The van der Waals surface area contributed by atoms with Crippen LogP contribution in [-0.2, 0) is 11.2 Å². The van der Waals surface area contributed by atoms with Crippen LogP contribution < -0.4 is 5.32 Å². The maximum atomic E-state index is 13.0. The Balaban J connectivity index is 1.34. The van der Waals surface area contributed by atoms with Gasteiger partial charge in [0, 0.05) is 29.2 Å². The van der Waals surface area contributed by atoms with E-state index >= 15 is 0 Å². The molecule has 156 valence electrons. The van der Waals surface area contributed by atoms with Crippen molar-refractivity contribution < 1.29 is 9.18 Å². The number of carbonyl (C=O) groups is 1. The number of hydrogen-bond acceptors (Lipinski definition) is 5. The van der Waals surface area contributed by atoms with Gasteiger partial charge in [0.2, 0.25) is 5.91 Å². The molecule has 32 heavy (non-hydrogen) atoms. The zero-order valence-electron chi connectivity index (χ0n) is 16.8. The molecule has 1 N–H and O–H groups in total. The Hall–Kier alpha value is -4.46. The molecule has 5 rings (SSSR count). The van der Waals surface area contributed by atoms with Crippen LogP contribution in [0.1, 0.15) is 5.56 Å². The summed E-state index contributed by atoms with van der Waals surface area (Å²) in [6.45, 7) is 0. The molecule has 8 heteroatoms. The third-order valence-corrected chi connectivity index (χ3v) is 4.94. The lowest BCUT2D eigenvalue weighted by atomic mass is 10.1. The average Bonchev–Trinajstić information content (AvgIpc) is 3.25. The van der Waals surface area contributed by atoms with Crippen molar-refractivity contribution in [3.05, 3.63) is 96.6 Å². The maximum Gasteiger partial charge on any atom is 0.228 e. The van der Waals surface area contributed by atoms with Gasteiger partial charge in [-0.15, -0.1) is 10.2 Å². The van der Waals surface area contributed by atoms with E-state index in [1.54, 1.807) is 29.0 Å². The van der Waals surface area contributed by atoms with Crippen molar-refractivity contribution in [3.8, 4) is 22.6 Å². The van der Waals surface area contributed by atoms with Crippen molar-refractivity contribution in [3.63, 3.8) is 0 Å². The molecule has 0 aliphatic heterocycles. The van der Waals surface area contributed by atoms with Crippen LogP contribution in [0, 0.1) is 5.82 Å². The van der Waals surface area contributed by atoms with Crippen LogP contribution in [0.25, 0.3) is 28.3 Å². The van der Waals surface area contributed by atoms with Crippen molar-refractivity contribution in [2.24, 2.45) is 0 Å². The summed E-state index contributed by atoms with van der Waals surface area (Å²) in [6, 6.07) is 20.8. The Morgan fingerprint density at radius 3 is 2.34 bits per heavy atom. The topological polar surface area (TPSA) is 85.1 Å². The molecule has 0 atom stereocenters. The highest BCUT2D eigenvalue weighted by molar-refractivity contribution is 5.92. The lowest BCUT2D eigenvalue weighted by Crippen LogP contribution is -2.14. The number of anilines is 1. The SMILES string of the molecule is O=C(Cc1ccc(F)cc1)Nc1ccc(-c2ccc3nnc(-c4ccncc4)n3n2)cc1. The first-order valence-corrected chi connectivity index (χ1v) is 9.93. The van der Waals surface area contributed by atoms with Crippen LogP contribution >= 0.6 is 0 Å².